The fourth-order valence-corrected chi connectivity index (χ4v) is 1.89. The molecule has 5 nitrogen and oxygen atoms in total. The highest BCUT2D eigenvalue weighted by molar-refractivity contribution is 7.80. The smallest absolute Gasteiger partial charge is 0.228 e. The molecule has 0 aromatic heterocycles. The van der Waals surface area contributed by atoms with Gasteiger partial charge in [0.15, 0.2) is 5.11 Å². The molecule has 21 heavy (non-hydrogen) atoms. The van der Waals surface area contributed by atoms with E-state index in [1.54, 1.807) is 25.1 Å². The van der Waals surface area contributed by atoms with Gasteiger partial charge in [0.2, 0.25) is 9.70 Å². The number of rotatable bonds is 4. The summed E-state index contributed by atoms with van der Waals surface area (Å²) in [6, 6.07) is 6.51. The Bertz CT molecular complexity index is 523. The number of hydrogen-bond acceptors (Lipinski definition) is 3. The first kappa shape index (κ1) is 18.1. The van der Waals surface area contributed by atoms with E-state index >= 15 is 0 Å². The molecule has 1 aromatic carbocycles. The van der Waals surface area contributed by atoms with E-state index in [0.29, 0.717) is 5.69 Å². The molecule has 0 radical (unpaired) electrons. The maximum Gasteiger partial charge on any atom is 0.228 e. The third-order valence-corrected chi connectivity index (χ3v) is 3.26. The summed E-state index contributed by atoms with van der Waals surface area (Å²) in [7, 11) is 0. The summed E-state index contributed by atoms with van der Waals surface area (Å²) in [5, 5.41) is 17.7. The molecule has 9 heteroatoms. The Morgan fingerprint density at radius 3 is 2.48 bits per heavy atom. The van der Waals surface area contributed by atoms with Crippen molar-refractivity contribution in [3.8, 4) is 5.75 Å². The minimum absolute atomic E-state index is 0.0182. The molecule has 1 amide bonds. The lowest BCUT2D eigenvalue weighted by molar-refractivity contribution is -0.121. The van der Waals surface area contributed by atoms with E-state index in [1.807, 2.05) is 0 Å². The molecule has 116 valence electrons. The van der Waals surface area contributed by atoms with Gasteiger partial charge in [-0.3, -0.25) is 4.79 Å². The van der Waals surface area contributed by atoms with Gasteiger partial charge < -0.3 is 21.1 Å². The molecule has 0 aliphatic heterocycles. The average molecular weight is 371 g/mol. The van der Waals surface area contributed by atoms with E-state index in [0.717, 1.165) is 0 Å². The van der Waals surface area contributed by atoms with Crippen molar-refractivity contribution in [1.29, 1.82) is 0 Å². The number of thiocarbonyl (C=S) groups is 1. The highest BCUT2D eigenvalue weighted by Crippen LogP contribution is 2.29. The number of halogens is 3. The quantitative estimate of drug-likeness (QED) is 0.284. The molecule has 0 unspecified atom stereocenters. The van der Waals surface area contributed by atoms with Crippen molar-refractivity contribution in [2.45, 2.75) is 23.3 Å². The molecule has 0 saturated heterocycles. The van der Waals surface area contributed by atoms with E-state index < -0.39 is 9.96 Å². The summed E-state index contributed by atoms with van der Waals surface area (Å²) in [5.74, 6) is -0.283. The Morgan fingerprint density at radius 2 is 1.95 bits per heavy atom. The van der Waals surface area contributed by atoms with Gasteiger partial charge in [-0.15, -0.1) is 0 Å². The van der Waals surface area contributed by atoms with Crippen molar-refractivity contribution in [1.82, 2.24) is 10.6 Å². The van der Waals surface area contributed by atoms with Crippen molar-refractivity contribution in [2.75, 3.05) is 5.32 Å². The number of phenols is 1. The van der Waals surface area contributed by atoms with Gasteiger partial charge in [0, 0.05) is 6.42 Å². The van der Waals surface area contributed by atoms with Gasteiger partial charge in [0.05, 0.1) is 5.69 Å². The summed E-state index contributed by atoms with van der Waals surface area (Å²) < 4.78 is -1.80. The number of aromatic hydroxyl groups is 1. The summed E-state index contributed by atoms with van der Waals surface area (Å²) in [6.07, 6.45) is -0.778. The number of para-hydroxylation sites is 2. The number of nitrogens with one attached hydrogen (secondary N) is 3. The van der Waals surface area contributed by atoms with Crippen LogP contribution in [0, 0.1) is 0 Å². The Balaban J connectivity index is 2.73. The van der Waals surface area contributed by atoms with Gasteiger partial charge in [-0.05, 0) is 24.4 Å². The molecule has 4 N–H and O–H groups in total. The van der Waals surface area contributed by atoms with Crippen LogP contribution in [0.25, 0.3) is 0 Å². The summed E-state index contributed by atoms with van der Waals surface area (Å²) in [4.78, 5) is 11.4. The van der Waals surface area contributed by atoms with E-state index in [9.17, 15) is 9.90 Å². The van der Waals surface area contributed by atoms with Crippen molar-refractivity contribution in [3.05, 3.63) is 24.3 Å². The molecular formula is C12H14Cl3N3O2S. The molecule has 1 atom stereocenters. The van der Waals surface area contributed by atoms with E-state index in [2.05, 4.69) is 16.0 Å². The van der Waals surface area contributed by atoms with Gasteiger partial charge in [-0.2, -0.15) is 0 Å². The maximum absolute atomic E-state index is 11.4. The Kier molecular flexibility index (Phi) is 6.80. The second-order valence-electron chi connectivity index (χ2n) is 4.01. The van der Waals surface area contributed by atoms with Crippen LogP contribution < -0.4 is 16.0 Å². The molecule has 0 spiro atoms. The van der Waals surface area contributed by atoms with Crippen LogP contribution in [-0.4, -0.2) is 26.1 Å². The van der Waals surface area contributed by atoms with Crippen LogP contribution in [0.15, 0.2) is 24.3 Å². The second kappa shape index (κ2) is 7.89. The Morgan fingerprint density at radius 1 is 1.33 bits per heavy atom. The Hall–Kier alpha value is -0.950. The lowest BCUT2D eigenvalue weighted by Gasteiger charge is -2.27. The first-order valence-corrected chi connectivity index (χ1v) is 7.49. The maximum atomic E-state index is 11.4. The van der Waals surface area contributed by atoms with Crippen LogP contribution in [-0.2, 0) is 4.79 Å². The zero-order chi connectivity index (χ0) is 16.0. The third kappa shape index (κ3) is 6.13. The average Bonchev–Trinajstić information content (AvgIpc) is 2.39. The van der Waals surface area contributed by atoms with Gasteiger partial charge in [0.25, 0.3) is 0 Å². The molecule has 0 aliphatic rings. The first-order chi connectivity index (χ1) is 9.74. The standard InChI is InChI=1S/C12H14Cl3N3O2S/c1-2-9(20)17-10(12(13,14)15)18-11(21)16-7-5-3-4-6-8(7)19/h3-6,10,19H,2H2,1H3,(H,17,20)(H2,16,18,21)/t10-/m0/s1. The van der Waals surface area contributed by atoms with Gasteiger partial charge in [-0.1, -0.05) is 53.9 Å². The third-order valence-electron chi connectivity index (χ3n) is 2.38. The van der Waals surface area contributed by atoms with Crippen LogP contribution >= 0.6 is 47.0 Å². The fourth-order valence-electron chi connectivity index (χ4n) is 1.33. The number of phenolic OH excluding ortho intramolecular Hbond substituents is 1. The first-order valence-electron chi connectivity index (χ1n) is 5.95. The van der Waals surface area contributed by atoms with E-state index in [-0.39, 0.29) is 23.2 Å². The molecule has 0 fully saturated rings. The predicted octanol–water partition coefficient (Wildman–Crippen LogP) is 2.90. The Labute approximate surface area is 142 Å². The molecule has 0 saturated carbocycles. The second-order valence-corrected chi connectivity index (χ2v) is 6.79. The van der Waals surface area contributed by atoms with E-state index in [4.69, 9.17) is 47.0 Å². The summed E-state index contributed by atoms with van der Waals surface area (Å²) in [5.41, 5.74) is 0.389. The minimum Gasteiger partial charge on any atom is -0.506 e. The lowest BCUT2D eigenvalue weighted by atomic mass is 10.3. The van der Waals surface area contributed by atoms with Crippen LogP contribution in [0.5, 0.6) is 5.75 Å². The molecular weight excluding hydrogens is 357 g/mol. The van der Waals surface area contributed by atoms with E-state index in [1.165, 1.54) is 6.07 Å². The highest BCUT2D eigenvalue weighted by atomic mass is 35.6. The number of carbonyl (C=O) groups excluding carboxylic acids is 1. The predicted molar refractivity (Wildman–Crippen MR) is 90.0 cm³/mol. The highest BCUT2D eigenvalue weighted by Gasteiger charge is 2.34. The summed E-state index contributed by atoms with van der Waals surface area (Å²) in [6.45, 7) is 1.67. The number of benzene rings is 1. The van der Waals surface area contributed by atoms with Gasteiger partial charge >= 0.3 is 0 Å². The number of amides is 1. The van der Waals surface area contributed by atoms with Gasteiger partial charge in [-0.25, -0.2) is 0 Å². The topological polar surface area (TPSA) is 73.4 Å². The molecule has 0 heterocycles. The molecule has 0 bridgehead atoms. The van der Waals surface area contributed by atoms with Crippen LogP contribution in [0.4, 0.5) is 5.69 Å². The number of hydrogen-bond donors (Lipinski definition) is 4. The summed E-state index contributed by atoms with van der Waals surface area (Å²) >= 11 is 22.5. The van der Waals surface area contributed by atoms with Gasteiger partial charge in [0.1, 0.15) is 11.9 Å². The largest absolute Gasteiger partial charge is 0.506 e. The fraction of sp³-hybridized carbons (Fsp3) is 0.333. The van der Waals surface area contributed by atoms with Crippen molar-refractivity contribution in [3.63, 3.8) is 0 Å². The van der Waals surface area contributed by atoms with Crippen molar-refractivity contribution < 1.29 is 9.90 Å². The molecule has 1 rings (SSSR count). The SMILES string of the molecule is CCC(=O)N[C@@H](NC(=S)Nc1ccccc1O)C(Cl)(Cl)Cl. The van der Waals surface area contributed by atoms with Crippen LogP contribution in [0.1, 0.15) is 13.3 Å². The van der Waals surface area contributed by atoms with Crippen LogP contribution in [0.2, 0.25) is 0 Å². The number of alkyl halides is 3. The monoisotopic (exact) mass is 369 g/mol. The van der Waals surface area contributed by atoms with Crippen LogP contribution in [0.3, 0.4) is 0 Å². The van der Waals surface area contributed by atoms with Crippen molar-refractivity contribution >= 4 is 63.7 Å². The zero-order valence-electron chi connectivity index (χ0n) is 11.0. The molecule has 1 aromatic rings. The van der Waals surface area contributed by atoms with Crippen molar-refractivity contribution in [2.24, 2.45) is 0 Å². The zero-order valence-corrected chi connectivity index (χ0v) is 14.1. The minimum atomic E-state index is -1.80. The lowest BCUT2D eigenvalue weighted by Crippen LogP contribution is -2.56. The normalized spacial score (nSPS) is 12.4. The number of anilines is 1. The number of carbonyl (C=O) groups is 1. The molecule has 0 aliphatic carbocycles.